The lowest BCUT2D eigenvalue weighted by Crippen LogP contribution is -2.29. The minimum Gasteiger partial charge on any atom is -0.328 e. The molecular weight excluding hydrogens is 380 g/mol. The second-order valence-corrected chi connectivity index (χ2v) is 6.33. The number of halogens is 1. The Morgan fingerprint density at radius 1 is 1.39 bits per heavy atom. The zero-order chi connectivity index (χ0) is 16.6. The normalized spacial score (nSPS) is 16.5. The zero-order valence-corrected chi connectivity index (χ0v) is 15.1. The SMILES string of the molecule is CCn1cc(CN2C(=O)/C(=C\c3c(Br)cnn3C)NC2=S)cn1. The van der Waals surface area contributed by atoms with Gasteiger partial charge in [-0.3, -0.25) is 19.1 Å². The van der Waals surface area contributed by atoms with E-state index in [2.05, 4.69) is 31.4 Å². The summed E-state index contributed by atoms with van der Waals surface area (Å²) in [6, 6.07) is 0. The summed E-state index contributed by atoms with van der Waals surface area (Å²) < 4.78 is 4.31. The summed E-state index contributed by atoms with van der Waals surface area (Å²) in [5.41, 5.74) is 2.17. The topological polar surface area (TPSA) is 68.0 Å². The van der Waals surface area contributed by atoms with Crippen molar-refractivity contribution in [2.75, 3.05) is 0 Å². The van der Waals surface area contributed by atoms with Crippen molar-refractivity contribution in [3.63, 3.8) is 0 Å². The van der Waals surface area contributed by atoms with Gasteiger partial charge in [0.15, 0.2) is 5.11 Å². The molecule has 7 nitrogen and oxygen atoms in total. The molecule has 0 atom stereocenters. The minimum atomic E-state index is -0.160. The van der Waals surface area contributed by atoms with Gasteiger partial charge in [-0.25, -0.2) is 0 Å². The van der Waals surface area contributed by atoms with E-state index in [1.54, 1.807) is 23.2 Å². The Kier molecular flexibility index (Phi) is 4.31. The van der Waals surface area contributed by atoms with Gasteiger partial charge in [-0.1, -0.05) is 0 Å². The number of hydrogen-bond acceptors (Lipinski definition) is 4. The first-order valence-electron chi connectivity index (χ1n) is 7.03. The van der Waals surface area contributed by atoms with Gasteiger partial charge in [0.1, 0.15) is 5.70 Å². The van der Waals surface area contributed by atoms with E-state index in [9.17, 15) is 4.79 Å². The Morgan fingerprint density at radius 2 is 2.17 bits per heavy atom. The van der Waals surface area contributed by atoms with Gasteiger partial charge in [0.2, 0.25) is 0 Å². The number of nitrogens with zero attached hydrogens (tertiary/aromatic N) is 5. The summed E-state index contributed by atoms with van der Waals surface area (Å²) >= 11 is 8.70. The van der Waals surface area contributed by atoms with E-state index < -0.39 is 0 Å². The standard InChI is InChI=1S/C14H15BrN6OS/c1-3-20-7-9(5-17-20)8-21-13(22)11(18-14(21)23)4-12-10(15)6-16-19(12)2/h4-7H,3,8H2,1-2H3,(H,18,23)/b11-4+. The van der Waals surface area contributed by atoms with Crippen LogP contribution in [0.15, 0.2) is 28.8 Å². The molecule has 1 fully saturated rings. The third-order valence-corrected chi connectivity index (χ3v) is 4.47. The Bertz CT molecular complexity index is 789. The van der Waals surface area contributed by atoms with E-state index in [4.69, 9.17) is 12.2 Å². The first-order chi connectivity index (χ1) is 11.0. The average molecular weight is 395 g/mol. The summed E-state index contributed by atoms with van der Waals surface area (Å²) in [5, 5.41) is 11.7. The van der Waals surface area contributed by atoms with Crippen molar-refractivity contribution in [1.82, 2.24) is 29.8 Å². The second-order valence-electron chi connectivity index (χ2n) is 5.09. The summed E-state index contributed by atoms with van der Waals surface area (Å²) in [6.45, 7) is 3.20. The number of rotatable bonds is 4. The van der Waals surface area contributed by atoms with Crippen LogP contribution in [0.25, 0.3) is 6.08 Å². The molecule has 1 aliphatic heterocycles. The fourth-order valence-electron chi connectivity index (χ4n) is 2.28. The predicted molar refractivity (Wildman–Crippen MR) is 93.1 cm³/mol. The van der Waals surface area contributed by atoms with Gasteiger partial charge in [-0.15, -0.1) is 0 Å². The number of carbonyl (C=O) groups excluding carboxylic acids is 1. The predicted octanol–water partition coefficient (Wildman–Crippen LogP) is 1.66. The molecule has 1 aliphatic rings. The number of hydrogen-bond donors (Lipinski definition) is 1. The smallest absolute Gasteiger partial charge is 0.276 e. The number of carbonyl (C=O) groups is 1. The van der Waals surface area contributed by atoms with E-state index in [0.717, 1.165) is 22.3 Å². The lowest BCUT2D eigenvalue weighted by Gasteiger charge is -2.12. The Labute approximate surface area is 147 Å². The van der Waals surface area contributed by atoms with E-state index in [-0.39, 0.29) is 5.91 Å². The maximum absolute atomic E-state index is 12.6. The molecule has 3 heterocycles. The summed E-state index contributed by atoms with van der Waals surface area (Å²) in [7, 11) is 1.81. The summed E-state index contributed by atoms with van der Waals surface area (Å²) in [4.78, 5) is 14.1. The van der Waals surface area contributed by atoms with Crippen molar-refractivity contribution in [2.45, 2.75) is 20.0 Å². The molecule has 0 radical (unpaired) electrons. The van der Waals surface area contributed by atoms with Crippen LogP contribution in [0, 0.1) is 0 Å². The van der Waals surface area contributed by atoms with E-state index in [0.29, 0.717) is 17.4 Å². The highest BCUT2D eigenvalue weighted by atomic mass is 79.9. The molecule has 2 aromatic rings. The van der Waals surface area contributed by atoms with Crippen LogP contribution in [-0.2, 0) is 24.9 Å². The fraction of sp³-hybridized carbons (Fsp3) is 0.286. The van der Waals surface area contributed by atoms with Crippen molar-refractivity contribution in [2.24, 2.45) is 7.05 Å². The quantitative estimate of drug-likeness (QED) is 0.630. The van der Waals surface area contributed by atoms with Gasteiger partial charge in [0.25, 0.3) is 5.91 Å². The third-order valence-electron chi connectivity index (χ3n) is 3.53. The number of amides is 1. The zero-order valence-electron chi connectivity index (χ0n) is 12.7. The van der Waals surface area contributed by atoms with Crippen molar-refractivity contribution < 1.29 is 4.79 Å². The van der Waals surface area contributed by atoms with Crippen molar-refractivity contribution in [3.05, 3.63) is 40.0 Å². The van der Waals surface area contributed by atoms with E-state index in [1.165, 1.54) is 4.90 Å². The van der Waals surface area contributed by atoms with Gasteiger partial charge in [-0.05, 0) is 41.1 Å². The van der Waals surface area contributed by atoms with Crippen molar-refractivity contribution in [1.29, 1.82) is 0 Å². The van der Waals surface area contributed by atoms with Crippen LogP contribution < -0.4 is 5.32 Å². The molecule has 1 N–H and O–H groups in total. The number of aromatic nitrogens is 4. The number of aryl methyl sites for hydroxylation is 2. The highest BCUT2D eigenvalue weighted by Gasteiger charge is 2.31. The average Bonchev–Trinajstić information content (AvgIpc) is 3.18. The highest BCUT2D eigenvalue weighted by Crippen LogP contribution is 2.21. The molecule has 120 valence electrons. The van der Waals surface area contributed by atoms with Crippen molar-refractivity contribution in [3.8, 4) is 0 Å². The molecule has 9 heteroatoms. The van der Waals surface area contributed by atoms with Crippen LogP contribution in [0.2, 0.25) is 0 Å². The van der Waals surface area contributed by atoms with Crippen LogP contribution in [0.1, 0.15) is 18.2 Å². The third kappa shape index (κ3) is 3.06. The number of thiocarbonyl (C=S) groups is 1. The minimum absolute atomic E-state index is 0.160. The molecule has 0 bridgehead atoms. The summed E-state index contributed by atoms with van der Waals surface area (Å²) in [5.74, 6) is -0.160. The Balaban J connectivity index is 1.82. The molecule has 0 unspecified atom stereocenters. The van der Waals surface area contributed by atoms with Gasteiger partial charge in [-0.2, -0.15) is 10.2 Å². The van der Waals surface area contributed by atoms with Crippen LogP contribution in [0.4, 0.5) is 0 Å². The van der Waals surface area contributed by atoms with Gasteiger partial charge < -0.3 is 5.32 Å². The fourth-order valence-corrected chi connectivity index (χ4v) is 3.00. The largest absolute Gasteiger partial charge is 0.328 e. The first kappa shape index (κ1) is 15.9. The molecule has 1 saturated heterocycles. The highest BCUT2D eigenvalue weighted by molar-refractivity contribution is 9.10. The monoisotopic (exact) mass is 394 g/mol. The van der Waals surface area contributed by atoms with E-state index in [1.807, 2.05) is 24.9 Å². The van der Waals surface area contributed by atoms with Crippen LogP contribution >= 0.6 is 28.1 Å². The Morgan fingerprint density at radius 3 is 2.78 bits per heavy atom. The van der Waals surface area contributed by atoms with Crippen LogP contribution in [-0.4, -0.2) is 35.5 Å². The maximum atomic E-state index is 12.6. The first-order valence-corrected chi connectivity index (χ1v) is 8.23. The second kappa shape index (κ2) is 6.25. The Hall–Kier alpha value is -2.00. The lowest BCUT2D eigenvalue weighted by atomic mass is 10.3. The summed E-state index contributed by atoms with van der Waals surface area (Å²) in [6.07, 6.45) is 7.08. The molecule has 0 saturated carbocycles. The van der Waals surface area contributed by atoms with Crippen LogP contribution in [0.5, 0.6) is 0 Å². The van der Waals surface area contributed by atoms with Crippen LogP contribution in [0.3, 0.4) is 0 Å². The van der Waals surface area contributed by atoms with Crippen molar-refractivity contribution >= 4 is 45.2 Å². The van der Waals surface area contributed by atoms with Gasteiger partial charge >= 0.3 is 0 Å². The van der Waals surface area contributed by atoms with E-state index >= 15 is 0 Å². The molecule has 0 aliphatic carbocycles. The maximum Gasteiger partial charge on any atom is 0.276 e. The van der Waals surface area contributed by atoms with Gasteiger partial charge in [0, 0.05) is 25.4 Å². The molecule has 0 spiro atoms. The lowest BCUT2D eigenvalue weighted by molar-refractivity contribution is -0.122. The molecule has 0 aromatic carbocycles. The molecule has 2 aromatic heterocycles. The molecule has 23 heavy (non-hydrogen) atoms. The molecular formula is C14H15BrN6OS. The van der Waals surface area contributed by atoms with Gasteiger partial charge in [0.05, 0.1) is 29.1 Å². The number of nitrogens with one attached hydrogen (secondary N) is 1. The molecule has 3 rings (SSSR count). The molecule has 1 amide bonds.